The highest BCUT2D eigenvalue weighted by Gasteiger charge is 2.16. The molecule has 2 aromatic carbocycles. The summed E-state index contributed by atoms with van der Waals surface area (Å²) in [6.07, 6.45) is 0. The van der Waals surface area contributed by atoms with Crippen LogP contribution in [-0.2, 0) is 6.54 Å². The number of H-pyrrole nitrogens is 1. The number of hydrogen-bond donors (Lipinski definition) is 2. The second-order valence-electron chi connectivity index (χ2n) is 8.84. The van der Waals surface area contributed by atoms with Crippen molar-refractivity contribution in [2.75, 3.05) is 31.5 Å². The van der Waals surface area contributed by atoms with Gasteiger partial charge in [0.25, 0.3) is 5.56 Å². The van der Waals surface area contributed by atoms with Crippen molar-refractivity contribution in [2.24, 2.45) is 0 Å². The van der Waals surface area contributed by atoms with Gasteiger partial charge >= 0.3 is 0 Å². The third kappa shape index (κ3) is 6.21. The first-order valence-electron chi connectivity index (χ1n) is 11.7. The van der Waals surface area contributed by atoms with Crippen LogP contribution in [0.15, 0.2) is 41.2 Å². The predicted molar refractivity (Wildman–Crippen MR) is 144 cm³/mol. The Kier molecular flexibility index (Phi) is 8.27. The van der Waals surface area contributed by atoms with Gasteiger partial charge in [0, 0.05) is 29.9 Å². The zero-order valence-corrected chi connectivity index (χ0v) is 21.5. The average Bonchev–Trinajstić information content (AvgIpc) is 2.77. The number of pyridine rings is 1. The molecule has 3 rings (SSSR count). The van der Waals surface area contributed by atoms with Crippen molar-refractivity contribution in [1.29, 1.82) is 0 Å². The lowest BCUT2D eigenvalue weighted by atomic mass is 10.0. The van der Waals surface area contributed by atoms with Crippen LogP contribution in [0.25, 0.3) is 10.9 Å². The Bertz CT molecular complexity index is 1200. The molecule has 0 aliphatic rings. The molecule has 176 valence electrons. The largest absolute Gasteiger partial charge is 0.343 e. The molecule has 0 saturated heterocycles. The summed E-state index contributed by atoms with van der Waals surface area (Å²) in [6.45, 7) is 16.7. The van der Waals surface area contributed by atoms with Gasteiger partial charge in [-0.25, -0.2) is 0 Å². The second-order valence-corrected chi connectivity index (χ2v) is 9.23. The number of anilines is 1. The Morgan fingerprint density at radius 3 is 2.30 bits per heavy atom. The number of thiocarbonyl (C=S) groups is 1. The molecule has 0 aliphatic carbocycles. The van der Waals surface area contributed by atoms with Crippen molar-refractivity contribution in [3.05, 3.63) is 74.6 Å². The number of hydrogen-bond acceptors (Lipinski definition) is 3. The molecule has 0 fully saturated rings. The van der Waals surface area contributed by atoms with Gasteiger partial charge in [0.05, 0.1) is 6.54 Å². The summed E-state index contributed by atoms with van der Waals surface area (Å²) < 4.78 is 0. The zero-order valence-electron chi connectivity index (χ0n) is 20.7. The fraction of sp³-hybridized carbons (Fsp3) is 0.407. The monoisotopic (exact) mass is 464 g/mol. The van der Waals surface area contributed by atoms with E-state index in [2.05, 4.69) is 85.9 Å². The summed E-state index contributed by atoms with van der Waals surface area (Å²) in [5, 5.41) is 5.10. The minimum atomic E-state index is -0.0621. The number of rotatable bonds is 8. The number of fused-ring (bicyclic) bond motifs is 1. The Morgan fingerprint density at radius 2 is 1.64 bits per heavy atom. The molecule has 0 saturated carbocycles. The lowest BCUT2D eigenvalue weighted by Crippen LogP contribution is -2.41. The molecule has 1 heterocycles. The number of likely N-dealkylation sites (N-methyl/N-ethyl adjacent to an activating group) is 1. The van der Waals surface area contributed by atoms with E-state index in [1.807, 2.05) is 12.1 Å². The Hall–Kier alpha value is -2.70. The van der Waals surface area contributed by atoms with Gasteiger partial charge < -0.3 is 20.1 Å². The summed E-state index contributed by atoms with van der Waals surface area (Å²) in [5.74, 6) is 0. The molecule has 0 bridgehead atoms. The van der Waals surface area contributed by atoms with E-state index in [0.29, 0.717) is 11.7 Å². The second kappa shape index (κ2) is 10.9. The fourth-order valence-corrected chi connectivity index (χ4v) is 4.31. The molecule has 1 aromatic heterocycles. The first-order chi connectivity index (χ1) is 15.7. The topological polar surface area (TPSA) is 51.4 Å². The van der Waals surface area contributed by atoms with E-state index in [-0.39, 0.29) is 5.56 Å². The Labute approximate surface area is 202 Å². The van der Waals surface area contributed by atoms with Gasteiger partial charge in [-0.15, -0.1) is 0 Å². The molecule has 2 N–H and O–H groups in total. The standard InChI is InChI=1S/C27H36N4OS/c1-7-30(8-2)11-12-31(27(33)29-24-10-9-18(3)13-21(24)6)17-23-16-22-14-19(4)20(5)15-25(22)28-26(23)32/h9-10,13-16H,7-8,11-12,17H2,1-6H3,(H,28,32)(H,29,33). The molecule has 33 heavy (non-hydrogen) atoms. The van der Waals surface area contributed by atoms with Gasteiger partial charge in [-0.3, -0.25) is 4.79 Å². The van der Waals surface area contributed by atoms with Crippen LogP contribution in [0.2, 0.25) is 0 Å². The molecule has 5 nitrogen and oxygen atoms in total. The maximum absolute atomic E-state index is 12.9. The Morgan fingerprint density at radius 1 is 0.939 bits per heavy atom. The van der Waals surface area contributed by atoms with Gasteiger partial charge in [-0.2, -0.15) is 0 Å². The number of aryl methyl sites for hydroxylation is 4. The Balaban J connectivity index is 1.90. The SMILES string of the molecule is CCN(CC)CCN(Cc1cc2cc(C)c(C)cc2[nH]c1=O)C(=S)Nc1ccc(C)cc1C. The van der Waals surface area contributed by atoms with E-state index in [0.717, 1.165) is 53.9 Å². The summed E-state index contributed by atoms with van der Waals surface area (Å²) in [6, 6.07) is 12.5. The highest BCUT2D eigenvalue weighted by atomic mass is 32.1. The molecule has 0 unspecified atom stereocenters. The molecular weight excluding hydrogens is 428 g/mol. The minimum absolute atomic E-state index is 0.0621. The number of nitrogens with zero attached hydrogens (tertiary/aromatic N) is 2. The van der Waals surface area contributed by atoms with Crippen LogP contribution in [0.4, 0.5) is 5.69 Å². The molecule has 0 atom stereocenters. The van der Waals surface area contributed by atoms with Crippen LogP contribution in [0, 0.1) is 27.7 Å². The van der Waals surface area contributed by atoms with Crippen molar-refractivity contribution < 1.29 is 0 Å². The smallest absolute Gasteiger partial charge is 0.253 e. The van der Waals surface area contributed by atoms with E-state index in [9.17, 15) is 4.79 Å². The third-order valence-corrected chi connectivity index (χ3v) is 6.75. The number of benzene rings is 2. The van der Waals surface area contributed by atoms with Gasteiger partial charge in [-0.1, -0.05) is 31.5 Å². The molecule has 0 amide bonds. The molecule has 6 heteroatoms. The highest BCUT2D eigenvalue weighted by Crippen LogP contribution is 2.19. The average molecular weight is 465 g/mol. The van der Waals surface area contributed by atoms with Crippen molar-refractivity contribution in [1.82, 2.24) is 14.8 Å². The molecule has 3 aromatic rings. The minimum Gasteiger partial charge on any atom is -0.343 e. The van der Waals surface area contributed by atoms with Gasteiger partial charge in [0.15, 0.2) is 5.11 Å². The first-order valence-corrected chi connectivity index (χ1v) is 12.1. The van der Waals surface area contributed by atoms with Crippen LogP contribution >= 0.6 is 12.2 Å². The van der Waals surface area contributed by atoms with Gasteiger partial charge in [0.2, 0.25) is 0 Å². The van der Waals surface area contributed by atoms with Crippen molar-refractivity contribution in [3.8, 4) is 0 Å². The van der Waals surface area contributed by atoms with E-state index < -0.39 is 0 Å². The normalized spacial score (nSPS) is 11.2. The molecule has 0 aliphatic heterocycles. The van der Waals surface area contributed by atoms with Crippen LogP contribution in [0.5, 0.6) is 0 Å². The quantitative estimate of drug-likeness (QED) is 0.443. The van der Waals surface area contributed by atoms with Crippen molar-refractivity contribution in [2.45, 2.75) is 48.1 Å². The van der Waals surface area contributed by atoms with Gasteiger partial charge in [0.1, 0.15) is 0 Å². The summed E-state index contributed by atoms with van der Waals surface area (Å²) in [5.41, 5.74) is 7.28. The summed E-state index contributed by atoms with van der Waals surface area (Å²) >= 11 is 5.83. The number of aromatic nitrogens is 1. The predicted octanol–water partition coefficient (Wildman–Crippen LogP) is 5.30. The van der Waals surface area contributed by atoms with E-state index in [1.54, 1.807) is 0 Å². The third-order valence-electron chi connectivity index (χ3n) is 6.39. The number of nitrogens with one attached hydrogen (secondary N) is 2. The lowest BCUT2D eigenvalue weighted by Gasteiger charge is -2.29. The number of aromatic amines is 1. The maximum Gasteiger partial charge on any atom is 0.253 e. The van der Waals surface area contributed by atoms with Crippen molar-refractivity contribution >= 4 is 33.9 Å². The van der Waals surface area contributed by atoms with Crippen LogP contribution < -0.4 is 10.9 Å². The maximum atomic E-state index is 12.9. The molecular formula is C27H36N4OS. The fourth-order valence-electron chi connectivity index (χ4n) is 4.05. The first kappa shape index (κ1) is 24.9. The zero-order chi connectivity index (χ0) is 24.1. The van der Waals surface area contributed by atoms with Crippen molar-refractivity contribution in [3.63, 3.8) is 0 Å². The summed E-state index contributed by atoms with van der Waals surface area (Å²) in [7, 11) is 0. The van der Waals surface area contributed by atoms with E-state index in [4.69, 9.17) is 12.2 Å². The van der Waals surface area contributed by atoms with E-state index >= 15 is 0 Å². The highest BCUT2D eigenvalue weighted by molar-refractivity contribution is 7.80. The summed E-state index contributed by atoms with van der Waals surface area (Å²) in [4.78, 5) is 20.5. The van der Waals surface area contributed by atoms with E-state index in [1.165, 1.54) is 16.7 Å². The van der Waals surface area contributed by atoms with Crippen LogP contribution in [0.1, 0.15) is 41.7 Å². The van der Waals surface area contributed by atoms with Crippen LogP contribution in [0.3, 0.4) is 0 Å². The van der Waals surface area contributed by atoms with Gasteiger partial charge in [-0.05, 0) is 99.3 Å². The molecule has 0 radical (unpaired) electrons. The molecule has 0 spiro atoms. The lowest BCUT2D eigenvalue weighted by molar-refractivity contribution is 0.266. The van der Waals surface area contributed by atoms with Crippen LogP contribution in [-0.4, -0.2) is 46.1 Å².